The van der Waals surface area contributed by atoms with Gasteiger partial charge in [0.05, 0.1) is 0 Å². The van der Waals surface area contributed by atoms with Crippen molar-refractivity contribution in [3.8, 4) is 0 Å². The molecule has 0 saturated carbocycles. The lowest BCUT2D eigenvalue weighted by Crippen LogP contribution is -2.34. The van der Waals surface area contributed by atoms with Gasteiger partial charge in [-0.05, 0) is 32.3 Å². The number of carbonyl (C=O) groups excluding carboxylic acids is 1. The number of likely N-dealkylation sites (tertiary alicyclic amines) is 1. The van der Waals surface area contributed by atoms with Crippen LogP contribution in [-0.4, -0.2) is 23.9 Å². The van der Waals surface area contributed by atoms with Gasteiger partial charge in [0.1, 0.15) is 0 Å². The second-order valence-corrected chi connectivity index (χ2v) is 2.72. The standard InChI is InChI=1S/C9H14NO/c1-2-6-9(11)10-7-4-3-5-8-10/h2,4,6H,3,5,7-8H2,1H3. The average Bonchev–Trinajstić information content (AvgIpc) is 2.07. The minimum absolute atomic E-state index is 0.142. The van der Waals surface area contributed by atoms with Crippen molar-refractivity contribution < 1.29 is 4.79 Å². The number of piperidine rings is 1. The molecule has 1 fully saturated rings. The Hall–Kier alpha value is -0.790. The molecule has 1 aliphatic heterocycles. The summed E-state index contributed by atoms with van der Waals surface area (Å²) >= 11 is 0. The Morgan fingerprint density at radius 2 is 2.45 bits per heavy atom. The molecule has 11 heavy (non-hydrogen) atoms. The number of hydrogen-bond acceptors (Lipinski definition) is 1. The maximum atomic E-state index is 11.2. The summed E-state index contributed by atoms with van der Waals surface area (Å²) in [5, 5.41) is 0. The maximum absolute atomic E-state index is 11.2. The van der Waals surface area contributed by atoms with Crippen molar-refractivity contribution in [3.63, 3.8) is 0 Å². The van der Waals surface area contributed by atoms with Crippen LogP contribution in [0.3, 0.4) is 0 Å². The number of allylic oxidation sites excluding steroid dienone is 1. The molecule has 0 bridgehead atoms. The van der Waals surface area contributed by atoms with Crippen LogP contribution in [0.1, 0.15) is 19.8 Å². The predicted molar refractivity (Wildman–Crippen MR) is 44.9 cm³/mol. The van der Waals surface area contributed by atoms with Crippen molar-refractivity contribution in [1.82, 2.24) is 4.90 Å². The molecule has 0 unspecified atom stereocenters. The summed E-state index contributed by atoms with van der Waals surface area (Å²) in [5.74, 6) is 0.142. The third-order valence-corrected chi connectivity index (χ3v) is 1.81. The van der Waals surface area contributed by atoms with E-state index < -0.39 is 0 Å². The minimum Gasteiger partial charge on any atom is -0.339 e. The zero-order valence-corrected chi connectivity index (χ0v) is 6.92. The van der Waals surface area contributed by atoms with Gasteiger partial charge in [-0.2, -0.15) is 0 Å². The first-order valence-electron chi connectivity index (χ1n) is 4.08. The van der Waals surface area contributed by atoms with Crippen LogP contribution in [0, 0.1) is 6.42 Å². The van der Waals surface area contributed by atoms with Crippen LogP contribution in [0.25, 0.3) is 0 Å². The first-order chi connectivity index (χ1) is 5.34. The van der Waals surface area contributed by atoms with E-state index >= 15 is 0 Å². The van der Waals surface area contributed by atoms with E-state index in [2.05, 4.69) is 6.42 Å². The number of amides is 1. The summed E-state index contributed by atoms with van der Waals surface area (Å²) in [4.78, 5) is 13.1. The van der Waals surface area contributed by atoms with Gasteiger partial charge in [0.15, 0.2) is 0 Å². The highest BCUT2D eigenvalue weighted by molar-refractivity contribution is 5.87. The summed E-state index contributed by atoms with van der Waals surface area (Å²) in [6.45, 7) is 3.61. The highest BCUT2D eigenvalue weighted by Crippen LogP contribution is 2.07. The molecule has 1 rings (SSSR count). The van der Waals surface area contributed by atoms with Crippen molar-refractivity contribution in [1.29, 1.82) is 0 Å². The fraction of sp³-hybridized carbons (Fsp3) is 0.556. The quantitative estimate of drug-likeness (QED) is 0.520. The number of rotatable bonds is 1. The molecule has 0 aromatic heterocycles. The van der Waals surface area contributed by atoms with E-state index in [0.29, 0.717) is 0 Å². The second kappa shape index (κ2) is 4.16. The van der Waals surface area contributed by atoms with Gasteiger partial charge in [-0.25, -0.2) is 0 Å². The zero-order chi connectivity index (χ0) is 8.10. The molecular formula is C9H14NO. The lowest BCUT2D eigenvalue weighted by atomic mass is 10.1. The molecule has 1 aliphatic rings. The van der Waals surface area contributed by atoms with E-state index in [1.54, 1.807) is 12.2 Å². The van der Waals surface area contributed by atoms with Gasteiger partial charge >= 0.3 is 0 Å². The molecule has 2 heteroatoms. The summed E-state index contributed by atoms with van der Waals surface area (Å²) in [5.41, 5.74) is 0. The van der Waals surface area contributed by atoms with Gasteiger partial charge in [-0.15, -0.1) is 0 Å². The Labute approximate surface area is 67.9 Å². The maximum Gasteiger partial charge on any atom is 0.246 e. The van der Waals surface area contributed by atoms with E-state index in [0.717, 1.165) is 25.9 Å². The Balaban J connectivity index is 2.38. The summed E-state index contributed by atoms with van der Waals surface area (Å²) < 4.78 is 0. The van der Waals surface area contributed by atoms with Crippen LogP contribution in [0.2, 0.25) is 0 Å². The smallest absolute Gasteiger partial charge is 0.246 e. The Morgan fingerprint density at radius 3 is 3.00 bits per heavy atom. The molecule has 2 nitrogen and oxygen atoms in total. The van der Waals surface area contributed by atoms with Crippen molar-refractivity contribution in [3.05, 3.63) is 18.6 Å². The van der Waals surface area contributed by atoms with Crippen LogP contribution in [0.15, 0.2) is 12.2 Å². The van der Waals surface area contributed by atoms with Crippen molar-refractivity contribution in [2.75, 3.05) is 13.1 Å². The minimum atomic E-state index is 0.142. The Morgan fingerprint density at radius 1 is 1.64 bits per heavy atom. The first kappa shape index (κ1) is 8.31. The molecule has 0 spiro atoms. The van der Waals surface area contributed by atoms with Crippen LogP contribution in [-0.2, 0) is 4.79 Å². The molecule has 1 heterocycles. The normalized spacial score (nSPS) is 19.2. The molecule has 0 atom stereocenters. The topological polar surface area (TPSA) is 20.3 Å². The van der Waals surface area contributed by atoms with E-state index in [-0.39, 0.29) is 5.91 Å². The number of hydrogen-bond donors (Lipinski definition) is 0. The molecule has 1 saturated heterocycles. The molecule has 0 aliphatic carbocycles. The summed E-state index contributed by atoms with van der Waals surface area (Å²) in [6.07, 6.45) is 7.84. The van der Waals surface area contributed by atoms with Crippen molar-refractivity contribution in [2.24, 2.45) is 0 Å². The Bertz CT molecular complexity index is 157. The predicted octanol–water partition coefficient (Wildman–Crippen LogP) is 1.39. The lowest BCUT2D eigenvalue weighted by Gasteiger charge is -2.25. The van der Waals surface area contributed by atoms with E-state index in [9.17, 15) is 4.79 Å². The largest absolute Gasteiger partial charge is 0.339 e. The van der Waals surface area contributed by atoms with E-state index in [1.165, 1.54) is 0 Å². The van der Waals surface area contributed by atoms with Crippen molar-refractivity contribution >= 4 is 5.91 Å². The van der Waals surface area contributed by atoms with Gasteiger partial charge in [0, 0.05) is 13.1 Å². The molecule has 0 aromatic rings. The zero-order valence-electron chi connectivity index (χ0n) is 6.92. The van der Waals surface area contributed by atoms with Gasteiger partial charge in [0.25, 0.3) is 0 Å². The fourth-order valence-electron chi connectivity index (χ4n) is 1.21. The van der Waals surface area contributed by atoms with Gasteiger partial charge in [-0.3, -0.25) is 4.79 Å². The summed E-state index contributed by atoms with van der Waals surface area (Å²) in [7, 11) is 0. The number of nitrogens with zero attached hydrogens (tertiary/aromatic N) is 1. The van der Waals surface area contributed by atoms with Crippen LogP contribution in [0.4, 0.5) is 0 Å². The van der Waals surface area contributed by atoms with Gasteiger partial charge in [-0.1, -0.05) is 6.08 Å². The third kappa shape index (κ3) is 2.37. The molecule has 1 radical (unpaired) electrons. The SMILES string of the molecule is CC=CC(=O)N1C[CH]CCC1. The first-order valence-corrected chi connectivity index (χ1v) is 4.08. The highest BCUT2D eigenvalue weighted by Gasteiger charge is 2.12. The molecule has 1 amide bonds. The molecule has 0 N–H and O–H groups in total. The van der Waals surface area contributed by atoms with Crippen LogP contribution >= 0.6 is 0 Å². The summed E-state index contributed by atoms with van der Waals surface area (Å²) in [6, 6.07) is 0. The molecular weight excluding hydrogens is 138 g/mol. The average molecular weight is 152 g/mol. The number of carbonyl (C=O) groups is 1. The molecule has 61 valence electrons. The van der Waals surface area contributed by atoms with E-state index in [1.807, 2.05) is 11.8 Å². The van der Waals surface area contributed by atoms with Crippen LogP contribution < -0.4 is 0 Å². The monoisotopic (exact) mass is 152 g/mol. The van der Waals surface area contributed by atoms with Crippen LogP contribution in [0.5, 0.6) is 0 Å². The van der Waals surface area contributed by atoms with Gasteiger partial charge < -0.3 is 4.90 Å². The lowest BCUT2D eigenvalue weighted by molar-refractivity contribution is -0.126. The Kier molecular flexibility index (Phi) is 3.14. The third-order valence-electron chi connectivity index (χ3n) is 1.81. The highest BCUT2D eigenvalue weighted by atomic mass is 16.2. The fourth-order valence-corrected chi connectivity index (χ4v) is 1.21. The van der Waals surface area contributed by atoms with Gasteiger partial charge in [0.2, 0.25) is 5.91 Å². The van der Waals surface area contributed by atoms with Crippen molar-refractivity contribution in [2.45, 2.75) is 19.8 Å². The second-order valence-electron chi connectivity index (χ2n) is 2.72. The molecule has 0 aromatic carbocycles. The van der Waals surface area contributed by atoms with E-state index in [4.69, 9.17) is 0 Å².